The van der Waals surface area contributed by atoms with Crippen molar-refractivity contribution in [2.24, 2.45) is 17.1 Å². The first kappa shape index (κ1) is 13.0. The summed E-state index contributed by atoms with van der Waals surface area (Å²) in [7, 11) is 2.27. The summed E-state index contributed by atoms with van der Waals surface area (Å²) in [5, 5.41) is 0. The molecule has 0 aromatic rings. The van der Waals surface area contributed by atoms with Crippen LogP contribution in [0.25, 0.3) is 0 Å². The molecule has 0 heterocycles. The van der Waals surface area contributed by atoms with Gasteiger partial charge in [-0.05, 0) is 50.7 Å². The van der Waals surface area contributed by atoms with Crippen LogP contribution in [-0.2, 0) is 0 Å². The van der Waals surface area contributed by atoms with Crippen LogP contribution < -0.4 is 5.73 Å². The molecule has 0 aromatic heterocycles. The quantitative estimate of drug-likeness (QED) is 0.776. The normalized spacial score (nSPS) is 27.6. The maximum Gasteiger partial charge on any atom is 0.0132 e. The average molecular weight is 212 g/mol. The van der Waals surface area contributed by atoms with Gasteiger partial charge in [0.15, 0.2) is 0 Å². The molecule has 0 saturated heterocycles. The van der Waals surface area contributed by atoms with Crippen LogP contribution in [0.15, 0.2) is 0 Å². The predicted molar refractivity (Wildman–Crippen MR) is 66.9 cm³/mol. The Hall–Kier alpha value is -0.0800. The van der Waals surface area contributed by atoms with Gasteiger partial charge in [-0.25, -0.2) is 0 Å². The lowest BCUT2D eigenvalue weighted by atomic mass is 9.91. The maximum absolute atomic E-state index is 5.82. The van der Waals surface area contributed by atoms with Gasteiger partial charge in [-0.3, -0.25) is 0 Å². The minimum atomic E-state index is 0.449. The van der Waals surface area contributed by atoms with Gasteiger partial charge < -0.3 is 10.6 Å². The van der Waals surface area contributed by atoms with E-state index in [9.17, 15) is 0 Å². The summed E-state index contributed by atoms with van der Waals surface area (Å²) in [5.41, 5.74) is 6.27. The van der Waals surface area contributed by atoms with E-state index in [-0.39, 0.29) is 0 Å². The molecular weight excluding hydrogens is 184 g/mol. The highest BCUT2D eigenvalue weighted by Crippen LogP contribution is 2.29. The van der Waals surface area contributed by atoms with Crippen LogP contribution in [0.5, 0.6) is 0 Å². The highest BCUT2D eigenvalue weighted by molar-refractivity contribution is 4.85. The van der Waals surface area contributed by atoms with E-state index in [4.69, 9.17) is 5.73 Å². The number of nitrogens with zero attached hydrogens (tertiary/aromatic N) is 1. The molecule has 1 saturated carbocycles. The van der Waals surface area contributed by atoms with Crippen LogP contribution in [0.4, 0.5) is 0 Å². The fraction of sp³-hybridized carbons (Fsp3) is 1.00. The highest BCUT2D eigenvalue weighted by atomic mass is 15.1. The lowest BCUT2D eigenvalue weighted by Crippen LogP contribution is -2.39. The van der Waals surface area contributed by atoms with Crippen LogP contribution in [0.3, 0.4) is 0 Å². The fourth-order valence-corrected chi connectivity index (χ4v) is 2.55. The Morgan fingerprint density at radius 1 is 1.27 bits per heavy atom. The summed E-state index contributed by atoms with van der Waals surface area (Å²) >= 11 is 0. The summed E-state index contributed by atoms with van der Waals surface area (Å²) in [5.74, 6) is 0.745. The molecule has 2 nitrogen and oxygen atoms in total. The number of nitrogens with two attached hydrogens (primary N) is 1. The second kappa shape index (κ2) is 5.31. The first-order valence-electron chi connectivity index (χ1n) is 6.34. The van der Waals surface area contributed by atoms with Crippen LogP contribution in [0, 0.1) is 11.3 Å². The second-order valence-electron chi connectivity index (χ2n) is 6.29. The van der Waals surface area contributed by atoms with Crippen LogP contribution in [0.1, 0.15) is 46.5 Å². The van der Waals surface area contributed by atoms with Gasteiger partial charge in [0.1, 0.15) is 0 Å². The van der Waals surface area contributed by atoms with E-state index in [1.807, 2.05) is 0 Å². The SMILES string of the molecule is CN(CCC(C)(C)C)C1CCCC1CN. The van der Waals surface area contributed by atoms with Gasteiger partial charge in [-0.2, -0.15) is 0 Å². The Labute approximate surface area is 95.2 Å². The van der Waals surface area contributed by atoms with Crippen molar-refractivity contribution < 1.29 is 0 Å². The van der Waals surface area contributed by atoms with Gasteiger partial charge in [-0.15, -0.1) is 0 Å². The molecule has 90 valence electrons. The summed E-state index contributed by atoms with van der Waals surface area (Å²) in [6, 6.07) is 0.748. The summed E-state index contributed by atoms with van der Waals surface area (Å²) in [6.07, 6.45) is 5.33. The highest BCUT2D eigenvalue weighted by Gasteiger charge is 2.29. The van der Waals surface area contributed by atoms with Crippen molar-refractivity contribution in [3.8, 4) is 0 Å². The average Bonchev–Trinajstić information content (AvgIpc) is 2.60. The van der Waals surface area contributed by atoms with Gasteiger partial charge in [0.2, 0.25) is 0 Å². The van der Waals surface area contributed by atoms with Gasteiger partial charge in [-0.1, -0.05) is 27.2 Å². The first-order valence-corrected chi connectivity index (χ1v) is 6.34. The summed E-state index contributed by atoms with van der Waals surface area (Å²) < 4.78 is 0. The lowest BCUT2D eigenvalue weighted by Gasteiger charge is -2.31. The number of hydrogen-bond acceptors (Lipinski definition) is 2. The number of rotatable bonds is 4. The van der Waals surface area contributed by atoms with E-state index in [2.05, 4.69) is 32.7 Å². The maximum atomic E-state index is 5.82. The minimum absolute atomic E-state index is 0.449. The van der Waals surface area contributed by atoms with Crippen molar-refractivity contribution in [1.29, 1.82) is 0 Å². The van der Waals surface area contributed by atoms with Gasteiger partial charge in [0.05, 0.1) is 0 Å². The molecule has 0 bridgehead atoms. The molecular formula is C13H28N2. The zero-order valence-corrected chi connectivity index (χ0v) is 10.9. The molecule has 2 atom stereocenters. The van der Waals surface area contributed by atoms with Gasteiger partial charge >= 0.3 is 0 Å². The lowest BCUT2D eigenvalue weighted by molar-refractivity contribution is 0.175. The van der Waals surface area contributed by atoms with Crippen molar-refractivity contribution in [2.75, 3.05) is 20.1 Å². The first-order chi connectivity index (χ1) is 6.94. The largest absolute Gasteiger partial charge is 0.330 e. The molecule has 1 aliphatic rings. The third kappa shape index (κ3) is 4.12. The molecule has 1 rings (SSSR count). The summed E-state index contributed by atoms with van der Waals surface area (Å²) in [4.78, 5) is 2.54. The molecule has 0 spiro atoms. The second-order valence-corrected chi connectivity index (χ2v) is 6.29. The predicted octanol–water partition coefficient (Wildman–Crippen LogP) is 2.48. The number of hydrogen-bond donors (Lipinski definition) is 1. The zero-order chi connectivity index (χ0) is 11.5. The van der Waals surface area contributed by atoms with Crippen molar-refractivity contribution in [3.63, 3.8) is 0 Å². The van der Waals surface area contributed by atoms with E-state index in [1.54, 1.807) is 0 Å². The fourth-order valence-electron chi connectivity index (χ4n) is 2.55. The minimum Gasteiger partial charge on any atom is -0.330 e. The van der Waals surface area contributed by atoms with Crippen LogP contribution in [-0.4, -0.2) is 31.1 Å². The van der Waals surface area contributed by atoms with E-state index in [1.165, 1.54) is 32.2 Å². The molecule has 0 aromatic carbocycles. The van der Waals surface area contributed by atoms with E-state index in [0.717, 1.165) is 18.5 Å². The molecule has 0 amide bonds. The van der Waals surface area contributed by atoms with E-state index >= 15 is 0 Å². The molecule has 2 unspecified atom stereocenters. The Bertz CT molecular complexity index is 183. The van der Waals surface area contributed by atoms with Crippen LogP contribution in [0.2, 0.25) is 0 Å². The van der Waals surface area contributed by atoms with Gasteiger partial charge in [0, 0.05) is 6.04 Å². The van der Waals surface area contributed by atoms with E-state index < -0.39 is 0 Å². The van der Waals surface area contributed by atoms with Crippen molar-refractivity contribution in [1.82, 2.24) is 4.90 Å². The molecule has 15 heavy (non-hydrogen) atoms. The van der Waals surface area contributed by atoms with Crippen molar-refractivity contribution >= 4 is 0 Å². The topological polar surface area (TPSA) is 29.3 Å². The standard InChI is InChI=1S/C13H28N2/c1-13(2,3)8-9-15(4)12-7-5-6-11(12)10-14/h11-12H,5-10,14H2,1-4H3. The molecule has 1 aliphatic carbocycles. The zero-order valence-electron chi connectivity index (χ0n) is 10.9. The molecule has 0 aliphatic heterocycles. The Morgan fingerprint density at radius 3 is 2.47 bits per heavy atom. The van der Waals surface area contributed by atoms with Crippen molar-refractivity contribution in [2.45, 2.75) is 52.5 Å². The van der Waals surface area contributed by atoms with E-state index in [0.29, 0.717) is 5.41 Å². The Kier molecular flexibility index (Phi) is 4.60. The third-order valence-corrected chi connectivity index (χ3v) is 3.70. The van der Waals surface area contributed by atoms with Crippen LogP contribution >= 0.6 is 0 Å². The molecule has 2 N–H and O–H groups in total. The van der Waals surface area contributed by atoms with Crippen molar-refractivity contribution in [3.05, 3.63) is 0 Å². The Balaban J connectivity index is 2.36. The third-order valence-electron chi connectivity index (χ3n) is 3.70. The summed E-state index contributed by atoms with van der Waals surface area (Å²) in [6.45, 7) is 9.02. The smallest absolute Gasteiger partial charge is 0.0132 e. The molecule has 2 heteroatoms. The molecule has 0 radical (unpaired) electrons. The monoisotopic (exact) mass is 212 g/mol. The molecule has 1 fully saturated rings. The Morgan fingerprint density at radius 2 is 1.93 bits per heavy atom. The van der Waals surface area contributed by atoms with Gasteiger partial charge in [0.25, 0.3) is 0 Å².